The summed E-state index contributed by atoms with van der Waals surface area (Å²) < 4.78 is 3.90. The lowest BCUT2D eigenvalue weighted by molar-refractivity contribution is 0.364. The molecule has 3 aromatic rings. The molecule has 0 spiro atoms. The Hall–Kier alpha value is -1.85. The number of rotatable bonds is 5. The summed E-state index contributed by atoms with van der Waals surface area (Å²) in [6, 6.07) is 6.28. The molecule has 6 heteroatoms. The third-order valence-electron chi connectivity index (χ3n) is 3.74. The van der Waals surface area contributed by atoms with E-state index in [-0.39, 0.29) is 6.04 Å². The molecule has 0 bridgehead atoms. The first-order chi connectivity index (χ1) is 10.1. The van der Waals surface area contributed by atoms with Crippen molar-refractivity contribution in [3.63, 3.8) is 0 Å². The first-order valence-electron chi connectivity index (χ1n) is 6.99. The van der Waals surface area contributed by atoms with Gasteiger partial charge in [-0.25, -0.2) is 4.98 Å². The van der Waals surface area contributed by atoms with Gasteiger partial charge in [-0.3, -0.25) is 4.68 Å². The average molecular weight is 304 g/mol. The van der Waals surface area contributed by atoms with Crippen molar-refractivity contribution in [1.82, 2.24) is 24.5 Å². The number of fused-ring (bicyclic) bond motifs is 1. The molecule has 0 aliphatic heterocycles. The fourth-order valence-corrected chi connectivity index (χ4v) is 2.46. The molecule has 3 aromatic heterocycles. The van der Waals surface area contributed by atoms with Crippen molar-refractivity contribution in [3.8, 4) is 0 Å². The quantitative estimate of drug-likeness (QED) is 0.788. The van der Waals surface area contributed by atoms with E-state index >= 15 is 0 Å². The second-order valence-electron chi connectivity index (χ2n) is 5.24. The van der Waals surface area contributed by atoms with E-state index in [1.165, 1.54) is 0 Å². The van der Waals surface area contributed by atoms with Crippen LogP contribution in [0.3, 0.4) is 0 Å². The van der Waals surface area contributed by atoms with Crippen molar-refractivity contribution in [1.29, 1.82) is 0 Å². The molecular formula is C15H18ClN5. The zero-order valence-corrected chi connectivity index (χ0v) is 12.8. The van der Waals surface area contributed by atoms with Crippen LogP contribution in [0.25, 0.3) is 5.65 Å². The zero-order chi connectivity index (χ0) is 14.8. The van der Waals surface area contributed by atoms with Crippen LogP contribution in [0.2, 0.25) is 5.02 Å². The predicted octanol–water partition coefficient (Wildman–Crippen LogP) is 2.92. The molecule has 1 N–H and O–H groups in total. The van der Waals surface area contributed by atoms with Crippen LogP contribution in [-0.4, -0.2) is 25.2 Å². The summed E-state index contributed by atoms with van der Waals surface area (Å²) in [4.78, 5) is 4.57. The summed E-state index contributed by atoms with van der Waals surface area (Å²) in [6.07, 6.45) is 7.65. The molecule has 0 fully saturated rings. The van der Waals surface area contributed by atoms with Crippen LogP contribution in [0.1, 0.15) is 25.6 Å². The molecule has 2 atom stereocenters. The third kappa shape index (κ3) is 3.09. The lowest BCUT2D eigenvalue weighted by atomic mass is 10.2. The van der Waals surface area contributed by atoms with Gasteiger partial charge >= 0.3 is 0 Å². The van der Waals surface area contributed by atoms with E-state index in [0.717, 1.165) is 11.3 Å². The number of hydrogen-bond acceptors (Lipinski definition) is 3. The average Bonchev–Trinajstić information content (AvgIpc) is 3.12. The number of nitrogens with one attached hydrogen (secondary N) is 1. The Morgan fingerprint density at radius 1 is 1.29 bits per heavy atom. The summed E-state index contributed by atoms with van der Waals surface area (Å²) in [5, 5.41) is 8.48. The minimum Gasteiger partial charge on any atom is -0.306 e. The molecular weight excluding hydrogens is 286 g/mol. The van der Waals surface area contributed by atoms with Crippen LogP contribution in [0, 0.1) is 0 Å². The maximum Gasteiger partial charge on any atom is 0.137 e. The van der Waals surface area contributed by atoms with Gasteiger partial charge in [0, 0.05) is 37.4 Å². The first-order valence-corrected chi connectivity index (χ1v) is 7.37. The minimum atomic E-state index is 0.284. The number of nitrogens with zero attached hydrogens (tertiary/aromatic N) is 4. The predicted molar refractivity (Wildman–Crippen MR) is 83.4 cm³/mol. The number of pyridine rings is 1. The second kappa shape index (κ2) is 5.87. The Balaban J connectivity index is 1.65. The van der Waals surface area contributed by atoms with Gasteiger partial charge in [-0.2, -0.15) is 5.10 Å². The van der Waals surface area contributed by atoms with Crippen molar-refractivity contribution >= 4 is 17.2 Å². The summed E-state index contributed by atoms with van der Waals surface area (Å²) in [7, 11) is 0. The molecule has 110 valence electrons. The standard InChI is InChI=1S/C15H18ClN5/c1-11(12(2)21-7-3-6-18-21)17-8-14-10-20-9-13(16)4-5-15(20)19-14/h3-7,9-12,17H,8H2,1-2H3/t11-,12+/m0/s1. The van der Waals surface area contributed by atoms with E-state index in [0.29, 0.717) is 17.6 Å². The smallest absolute Gasteiger partial charge is 0.137 e. The number of hydrogen-bond donors (Lipinski definition) is 1. The maximum absolute atomic E-state index is 5.98. The molecule has 0 aliphatic rings. The molecule has 0 aliphatic carbocycles. The Labute approximate surface area is 128 Å². The van der Waals surface area contributed by atoms with Crippen molar-refractivity contribution in [2.45, 2.75) is 32.5 Å². The van der Waals surface area contributed by atoms with Crippen molar-refractivity contribution in [2.24, 2.45) is 0 Å². The molecule has 21 heavy (non-hydrogen) atoms. The van der Waals surface area contributed by atoms with Crippen LogP contribution in [-0.2, 0) is 6.54 Å². The van der Waals surface area contributed by atoms with Gasteiger partial charge < -0.3 is 9.72 Å². The van der Waals surface area contributed by atoms with E-state index < -0.39 is 0 Å². The topological polar surface area (TPSA) is 47.1 Å². The lowest BCUT2D eigenvalue weighted by Crippen LogP contribution is -2.33. The Bertz CT molecular complexity index is 719. The molecule has 0 aromatic carbocycles. The van der Waals surface area contributed by atoms with E-state index in [1.807, 2.05) is 45.9 Å². The second-order valence-corrected chi connectivity index (χ2v) is 5.68. The van der Waals surface area contributed by atoms with Crippen LogP contribution in [0.4, 0.5) is 0 Å². The maximum atomic E-state index is 5.98. The minimum absolute atomic E-state index is 0.284. The number of halogens is 1. The molecule has 0 radical (unpaired) electrons. The van der Waals surface area contributed by atoms with Gasteiger partial charge in [-0.05, 0) is 32.0 Å². The normalized spacial score (nSPS) is 14.4. The van der Waals surface area contributed by atoms with Gasteiger partial charge in [0.1, 0.15) is 5.65 Å². The van der Waals surface area contributed by atoms with E-state index in [2.05, 4.69) is 29.2 Å². The summed E-state index contributed by atoms with van der Waals surface area (Å²) in [5.41, 5.74) is 1.90. The molecule has 0 amide bonds. The fourth-order valence-electron chi connectivity index (χ4n) is 2.29. The van der Waals surface area contributed by atoms with Gasteiger partial charge in [0.25, 0.3) is 0 Å². The summed E-state index contributed by atoms with van der Waals surface area (Å²) in [5.74, 6) is 0. The molecule has 5 nitrogen and oxygen atoms in total. The number of imidazole rings is 1. The third-order valence-corrected chi connectivity index (χ3v) is 3.96. The molecule has 3 rings (SSSR count). The van der Waals surface area contributed by atoms with Gasteiger partial charge in [-0.1, -0.05) is 11.6 Å². The molecule has 0 saturated heterocycles. The van der Waals surface area contributed by atoms with Crippen LogP contribution in [0.5, 0.6) is 0 Å². The highest BCUT2D eigenvalue weighted by atomic mass is 35.5. The van der Waals surface area contributed by atoms with Crippen molar-refractivity contribution in [3.05, 3.63) is 53.7 Å². The Morgan fingerprint density at radius 2 is 2.14 bits per heavy atom. The van der Waals surface area contributed by atoms with Crippen LogP contribution >= 0.6 is 11.6 Å². The fraction of sp³-hybridized carbons (Fsp3) is 0.333. The van der Waals surface area contributed by atoms with Gasteiger partial charge in [0.2, 0.25) is 0 Å². The first kappa shape index (κ1) is 14.1. The van der Waals surface area contributed by atoms with Crippen LogP contribution in [0.15, 0.2) is 43.0 Å². The highest BCUT2D eigenvalue weighted by molar-refractivity contribution is 6.30. The zero-order valence-electron chi connectivity index (χ0n) is 12.1. The molecule has 0 unspecified atom stereocenters. The van der Waals surface area contributed by atoms with Crippen molar-refractivity contribution < 1.29 is 0 Å². The van der Waals surface area contributed by atoms with E-state index in [4.69, 9.17) is 11.6 Å². The van der Waals surface area contributed by atoms with Crippen LogP contribution < -0.4 is 5.32 Å². The Morgan fingerprint density at radius 3 is 2.90 bits per heavy atom. The lowest BCUT2D eigenvalue weighted by Gasteiger charge is -2.21. The molecule has 0 saturated carbocycles. The largest absolute Gasteiger partial charge is 0.306 e. The molecule has 3 heterocycles. The number of aromatic nitrogens is 4. The Kier molecular flexibility index (Phi) is 3.94. The summed E-state index contributed by atoms with van der Waals surface area (Å²) >= 11 is 5.98. The highest BCUT2D eigenvalue weighted by Gasteiger charge is 2.14. The van der Waals surface area contributed by atoms with Crippen molar-refractivity contribution in [2.75, 3.05) is 0 Å². The van der Waals surface area contributed by atoms with E-state index in [1.54, 1.807) is 6.20 Å². The van der Waals surface area contributed by atoms with Gasteiger partial charge in [-0.15, -0.1) is 0 Å². The van der Waals surface area contributed by atoms with Gasteiger partial charge in [0.15, 0.2) is 0 Å². The monoisotopic (exact) mass is 303 g/mol. The SMILES string of the molecule is C[C@H](NCc1cn2cc(Cl)ccc2n1)[C@@H](C)n1cccn1. The summed E-state index contributed by atoms with van der Waals surface area (Å²) in [6.45, 7) is 5.01. The highest BCUT2D eigenvalue weighted by Crippen LogP contribution is 2.13. The van der Waals surface area contributed by atoms with Gasteiger partial charge in [0.05, 0.1) is 16.8 Å². The van der Waals surface area contributed by atoms with E-state index in [9.17, 15) is 0 Å².